The number of hydrogen-bond donors (Lipinski definition) is 1. The van der Waals surface area contributed by atoms with E-state index in [4.69, 9.17) is 9.47 Å². The Labute approximate surface area is 222 Å². The second kappa shape index (κ2) is 10.5. The summed E-state index contributed by atoms with van der Waals surface area (Å²) in [5, 5.41) is 6.16. The number of esters is 1. The summed E-state index contributed by atoms with van der Waals surface area (Å²) < 4.78 is 25.2. The Bertz CT molecular complexity index is 1410. The van der Waals surface area contributed by atoms with E-state index in [1.54, 1.807) is 6.92 Å². The minimum atomic E-state index is -0.645. The van der Waals surface area contributed by atoms with Crippen LogP contribution in [0.3, 0.4) is 0 Å². The molecule has 1 amide bonds. The Kier molecular flexibility index (Phi) is 7.13. The molecule has 2 heterocycles. The van der Waals surface area contributed by atoms with Gasteiger partial charge in [-0.15, -0.1) is 11.3 Å². The standard InChI is InChI=1S/C29H26FNO4S2/c1-3-34-27(32)29(13-14-29)21-10-8-19(9-11-21)22-6-4-5-7-23(22)26-24(16-25(30)37-26)31-28(33)35-18(2)20-12-15-36-17-20/h4-12,15-18H,3,13-14H2,1-2H3,(H,31,33). The van der Waals surface area contributed by atoms with Crippen LogP contribution in [0.5, 0.6) is 0 Å². The molecule has 0 saturated heterocycles. The SMILES string of the molecule is CCOC(=O)C1(c2ccc(-c3ccccc3-c3sc(F)cc3NC(=O)OC(C)c3ccsc3)cc2)CC1. The van der Waals surface area contributed by atoms with Gasteiger partial charge < -0.3 is 9.47 Å². The number of amides is 1. The average Bonchev–Trinajstić information content (AvgIpc) is 3.35. The quantitative estimate of drug-likeness (QED) is 0.231. The van der Waals surface area contributed by atoms with Gasteiger partial charge in [0.2, 0.25) is 0 Å². The van der Waals surface area contributed by atoms with Gasteiger partial charge in [-0.25, -0.2) is 4.79 Å². The van der Waals surface area contributed by atoms with Crippen molar-refractivity contribution < 1.29 is 23.5 Å². The van der Waals surface area contributed by atoms with Crippen molar-refractivity contribution in [2.24, 2.45) is 0 Å². The molecular weight excluding hydrogens is 509 g/mol. The number of thiophene rings is 2. The van der Waals surface area contributed by atoms with Crippen LogP contribution in [0.1, 0.15) is 43.9 Å². The molecule has 5 nitrogen and oxygen atoms in total. The second-order valence-electron chi connectivity index (χ2n) is 8.95. The summed E-state index contributed by atoms with van der Waals surface area (Å²) in [6, 6.07) is 18.8. The summed E-state index contributed by atoms with van der Waals surface area (Å²) in [4.78, 5) is 25.7. The smallest absolute Gasteiger partial charge is 0.412 e. The van der Waals surface area contributed by atoms with Crippen LogP contribution in [0.25, 0.3) is 21.6 Å². The van der Waals surface area contributed by atoms with Crippen LogP contribution in [-0.4, -0.2) is 18.7 Å². The van der Waals surface area contributed by atoms with E-state index < -0.39 is 22.7 Å². The van der Waals surface area contributed by atoms with Gasteiger partial charge in [-0.3, -0.25) is 10.1 Å². The zero-order chi connectivity index (χ0) is 26.0. The number of hydrogen-bond acceptors (Lipinski definition) is 6. The molecule has 8 heteroatoms. The number of nitrogens with one attached hydrogen (secondary N) is 1. The lowest BCUT2D eigenvalue weighted by Crippen LogP contribution is -2.23. The summed E-state index contributed by atoms with van der Waals surface area (Å²) in [6.07, 6.45) is 0.500. The fraction of sp³-hybridized carbons (Fsp3) is 0.241. The lowest BCUT2D eigenvalue weighted by Gasteiger charge is -2.16. The minimum absolute atomic E-state index is 0.173. The lowest BCUT2D eigenvalue weighted by atomic mass is 9.92. The van der Waals surface area contributed by atoms with Gasteiger partial charge in [0.05, 0.1) is 22.6 Å². The first-order chi connectivity index (χ1) is 17.9. The highest BCUT2D eigenvalue weighted by Crippen LogP contribution is 2.50. The van der Waals surface area contributed by atoms with Crippen molar-refractivity contribution in [3.63, 3.8) is 0 Å². The number of halogens is 1. The number of rotatable bonds is 8. The van der Waals surface area contributed by atoms with Crippen LogP contribution < -0.4 is 5.32 Å². The summed E-state index contributed by atoms with van der Waals surface area (Å²) >= 11 is 2.49. The van der Waals surface area contributed by atoms with Crippen molar-refractivity contribution in [3.05, 3.63) is 87.7 Å². The predicted molar refractivity (Wildman–Crippen MR) is 146 cm³/mol. The summed E-state index contributed by atoms with van der Waals surface area (Å²) in [5.41, 5.74) is 4.26. The van der Waals surface area contributed by atoms with Gasteiger partial charge in [0.15, 0.2) is 5.13 Å². The van der Waals surface area contributed by atoms with E-state index in [0.29, 0.717) is 17.2 Å². The van der Waals surface area contributed by atoms with Crippen LogP contribution >= 0.6 is 22.7 Å². The number of ether oxygens (including phenoxy) is 2. The van der Waals surface area contributed by atoms with Gasteiger partial charge >= 0.3 is 12.1 Å². The molecule has 0 aliphatic heterocycles. The highest BCUT2D eigenvalue weighted by atomic mass is 32.1. The van der Waals surface area contributed by atoms with E-state index in [1.165, 1.54) is 17.4 Å². The molecule has 1 fully saturated rings. The molecule has 0 radical (unpaired) electrons. The van der Waals surface area contributed by atoms with E-state index in [2.05, 4.69) is 5.32 Å². The van der Waals surface area contributed by atoms with Crippen molar-refractivity contribution in [2.75, 3.05) is 11.9 Å². The highest BCUT2D eigenvalue weighted by Gasteiger charge is 2.52. The molecule has 1 N–H and O–H groups in total. The molecule has 190 valence electrons. The zero-order valence-electron chi connectivity index (χ0n) is 20.5. The van der Waals surface area contributed by atoms with Crippen LogP contribution in [0.15, 0.2) is 71.4 Å². The number of benzene rings is 2. The molecule has 1 aliphatic rings. The second-order valence-corrected chi connectivity index (χ2v) is 10.7. The topological polar surface area (TPSA) is 64.6 Å². The Morgan fingerprint density at radius 1 is 1.08 bits per heavy atom. The summed E-state index contributed by atoms with van der Waals surface area (Å²) in [6.45, 7) is 3.97. The van der Waals surface area contributed by atoms with E-state index >= 15 is 0 Å². The molecule has 1 atom stereocenters. The van der Waals surface area contributed by atoms with Gasteiger partial charge in [0.25, 0.3) is 0 Å². The molecule has 0 bridgehead atoms. The minimum Gasteiger partial charge on any atom is -0.465 e. The molecule has 0 spiro atoms. The average molecular weight is 536 g/mol. The van der Waals surface area contributed by atoms with Gasteiger partial charge in [0.1, 0.15) is 6.10 Å². The molecule has 2 aromatic heterocycles. The predicted octanol–water partition coefficient (Wildman–Crippen LogP) is 8.19. The van der Waals surface area contributed by atoms with Crippen molar-refractivity contribution in [2.45, 2.75) is 38.2 Å². The summed E-state index contributed by atoms with van der Waals surface area (Å²) in [7, 11) is 0. The van der Waals surface area contributed by atoms with Crippen molar-refractivity contribution in [3.8, 4) is 21.6 Å². The normalized spacial score (nSPS) is 14.6. The van der Waals surface area contributed by atoms with Crippen molar-refractivity contribution in [1.29, 1.82) is 0 Å². The maximum absolute atomic E-state index is 14.5. The maximum Gasteiger partial charge on any atom is 0.412 e. The van der Waals surface area contributed by atoms with E-state index in [0.717, 1.165) is 52.0 Å². The van der Waals surface area contributed by atoms with Crippen LogP contribution in [0.4, 0.5) is 14.9 Å². The van der Waals surface area contributed by atoms with E-state index in [9.17, 15) is 14.0 Å². The first-order valence-corrected chi connectivity index (χ1v) is 13.8. The fourth-order valence-electron chi connectivity index (χ4n) is 4.43. The van der Waals surface area contributed by atoms with Crippen molar-refractivity contribution >= 4 is 40.4 Å². The molecule has 37 heavy (non-hydrogen) atoms. The molecule has 1 unspecified atom stereocenters. The highest BCUT2D eigenvalue weighted by molar-refractivity contribution is 7.14. The lowest BCUT2D eigenvalue weighted by molar-refractivity contribution is -0.146. The largest absolute Gasteiger partial charge is 0.465 e. The van der Waals surface area contributed by atoms with Gasteiger partial charge in [-0.2, -0.15) is 15.7 Å². The number of anilines is 1. The van der Waals surface area contributed by atoms with Gasteiger partial charge in [-0.1, -0.05) is 48.5 Å². The fourth-order valence-corrected chi connectivity index (χ4v) is 6.06. The molecule has 5 rings (SSSR count). The maximum atomic E-state index is 14.5. The van der Waals surface area contributed by atoms with Crippen molar-refractivity contribution in [1.82, 2.24) is 0 Å². The van der Waals surface area contributed by atoms with Crippen LogP contribution in [-0.2, 0) is 19.7 Å². The zero-order valence-corrected chi connectivity index (χ0v) is 22.1. The molecule has 2 aromatic carbocycles. The third kappa shape index (κ3) is 5.17. The number of carbonyl (C=O) groups excluding carboxylic acids is 2. The monoisotopic (exact) mass is 535 g/mol. The Hall–Kier alpha value is -3.49. The van der Waals surface area contributed by atoms with Crippen LogP contribution in [0.2, 0.25) is 0 Å². The van der Waals surface area contributed by atoms with E-state index in [-0.39, 0.29) is 5.97 Å². The number of carbonyl (C=O) groups is 2. The first kappa shape index (κ1) is 25.2. The molecule has 1 aliphatic carbocycles. The Morgan fingerprint density at radius 3 is 2.46 bits per heavy atom. The Balaban J connectivity index is 1.40. The third-order valence-electron chi connectivity index (χ3n) is 6.57. The summed E-state index contributed by atoms with van der Waals surface area (Å²) in [5.74, 6) is -0.173. The molecular formula is C29H26FNO4S2. The van der Waals surface area contributed by atoms with Crippen LogP contribution in [0, 0.1) is 5.13 Å². The first-order valence-electron chi connectivity index (χ1n) is 12.1. The Morgan fingerprint density at radius 2 is 1.81 bits per heavy atom. The van der Waals surface area contributed by atoms with Gasteiger partial charge in [-0.05, 0) is 60.2 Å². The van der Waals surface area contributed by atoms with Gasteiger partial charge in [0, 0.05) is 17.2 Å². The third-order valence-corrected chi connectivity index (χ3v) is 8.23. The molecule has 4 aromatic rings. The molecule has 1 saturated carbocycles. The van der Waals surface area contributed by atoms with E-state index in [1.807, 2.05) is 72.3 Å².